The number of hydrogen-bond donors (Lipinski definition) is 0. The Morgan fingerprint density at radius 2 is 1.47 bits per heavy atom. The van der Waals surface area contributed by atoms with Crippen molar-refractivity contribution in [3.05, 3.63) is 143 Å². The van der Waals surface area contributed by atoms with Gasteiger partial charge in [0.25, 0.3) is 0 Å². The molecule has 0 spiro atoms. The second kappa shape index (κ2) is 13.4. The second-order valence-corrected chi connectivity index (χ2v) is 14.8. The number of pyridine rings is 5. The number of para-hydroxylation sites is 2. The number of hydrogen-bond acceptors (Lipinski definition) is 9. The Labute approximate surface area is 317 Å². The molecule has 10 rings (SSSR count). The molecule has 11 heteroatoms. The standard InChI is InChI=1S/C44H39N11/c1-26-24-46-28(3)34-14-11-31(49-41(26)34)12-15-39-50-43-35-8-6-7-29(23-30(35)18-21-54(43)52-39)27(2)33-17-20-45-42-36(33)19-22-55-44(42)51-40(53-55)16-13-32-25-47-37-9-4-5-10-38(37)48-32/h4-6,8-11,14,17-22,24-25,27,29H,7,12-13,15-16,23H2,1-3H3. The molecule has 2 unspecified atom stereocenters. The summed E-state index contributed by atoms with van der Waals surface area (Å²) in [6, 6.07) is 18.7. The maximum absolute atomic E-state index is 5.05. The van der Waals surface area contributed by atoms with Crippen LogP contribution >= 0.6 is 0 Å². The van der Waals surface area contributed by atoms with Gasteiger partial charge in [0.2, 0.25) is 0 Å². The van der Waals surface area contributed by atoms with Crippen LogP contribution in [0.25, 0.3) is 50.2 Å². The maximum Gasteiger partial charge on any atom is 0.181 e. The van der Waals surface area contributed by atoms with Crippen molar-refractivity contribution < 1.29 is 0 Å². The van der Waals surface area contributed by atoms with Gasteiger partial charge in [-0.2, -0.15) is 10.2 Å². The van der Waals surface area contributed by atoms with Crippen molar-refractivity contribution >= 4 is 50.2 Å². The Balaban J connectivity index is 0.874. The fourth-order valence-electron chi connectivity index (χ4n) is 8.15. The molecule has 8 heterocycles. The van der Waals surface area contributed by atoms with E-state index in [-0.39, 0.29) is 5.92 Å². The van der Waals surface area contributed by atoms with Crippen LogP contribution in [-0.4, -0.2) is 54.1 Å². The summed E-state index contributed by atoms with van der Waals surface area (Å²) >= 11 is 0. The normalized spacial score (nSPS) is 15.0. The molecule has 1 aliphatic rings. The third-order valence-electron chi connectivity index (χ3n) is 11.3. The molecule has 0 saturated carbocycles. The molecule has 0 saturated heterocycles. The number of rotatable bonds is 8. The molecule has 9 aromatic rings. The lowest BCUT2D eigenvalue weighted by Gasteiger charge is -2.24. The third kappa shape index (κ3) is 6.05. The average molecular weight is 722 g/mol. The highest BCUT2D eigenvalue weighted by atomic mass is 15.3. The first-order chi connectivity index (χ1) is 26.9. The second-order valence-electron chi connectivity index (χ2n) is 14.8. The van der Waals surface area contributed by atoms with Crippen molar-refractivity contribution in [1.82, 2.24) is 54.1 Å². The Morgan fingerprint density at radius 3 is 2.35 bits per heavy atom. The number of allylic oxidation sites excluding steroid dienone is 1. The molecule has 11 nitrogen and oxygen atoms in total. The van der Waals surface area contributed by atoms with E-state index >= 15 is 0 Å². The van der Waals surface area contributed by atoms with E-state index < -0.39 is 0 Å². The van der Waals surface area contributed by atoms with Crippen LogP contribution in [0.5, 0.6) is 0 Å². The van der Waals surface area contributed by atoms with Crippen molar-refractivity contribution in [2.75, 3.05) is 0 Å². The molecule has 1 aliphatic carbocycles. The van der Waals surface area contributed by atoms with Crippen molar-refractivity contribution in [2.24, 2.45) is 5.92 Å². The lowest BCUT2D eigenvalue weighted by molar-refractivity contribution is 0.452. The third-order valence-corrected chi connectivity index (χ3v) is 11.3. The van der Waals surface area contributed by atoms with Crippen LogP contribution in [0.3, 0.4) is 0 Å². The molecule has 0 radical (unpaired) electrons. The molecule has 270 valence electrons. The van der Waals surface area contributed by atoms with E-state index in [0.29, 0.717) is 18.8 Å². The van der Waals surface area contributed by atoms with Gasteiger partial charge in [0.15, 0.2) is 22.9 Å². The molecule has 0 N–H and O–H groups in total. The van der Waals surface area contributed by atoms with Crippen molar-refractivity contribution in [2.45, 2.75) is 65.2 Å². The average Bonchev–Trinajstić information content (AvgIpc) is 3.78. The number of nitrogens with zero attached hydrogens (tertiary/aromatic N) is 11. The monoisotopic (exact) mass is 721 g/mol. The molecule has 0 aliphatic heterocycles. The zero-order chi connectivity index (χ0) is 37.0. The Kier molecular flexibility index (Phi) is 8.08. The van der Waals surface area contributed by atoms with Crippen LogP contribution in [0.1, 0.15) is 70.2 Å². The summed E-state index contributed by atoms with van der Waals surface area (Å²) in [7, 11) is 0. The molecule has 0 fully saturated rings. The smallest absolute Gasteiger partial charge is 0.181 e. The number of aryl methyl sites for hydroxylation is 6. The highest BCUT2D eigenvalue weighted by Gasteiger charge is 2.25. The molecule has 0 amide bonds. The molecule has 0 bridgehead atoms. The van der Waals surface area contributed by atoms with Gasteiger partial charge in [0.1, 0.15) is 5.52 Å². The molecule has 55 heavy (non-hydrogen) atoms. The van der Waals surface area contributed by atoms with Gasteiger partial charge in [-0.05, 0) is 111 Å². The van der Waals surface area contributed by atoms with Gasteiger partial charge in [-0.15, -0.1) is 0 Å². The number of fused-ring (bicyclic) bond motifs is 8. The highest BCUT2D eigenvalue weighted by molar-refractivity contribution is 5.92. The van der Waals surface area contributed by atoms with Crippen LogP contribution in [0.2, 0.25) is 0 Å². The summed E-state index contributed by atoms with van der Waals surface area (Å²) < 4.78 is 3.78. The Bertz CT molecular complexity index is 2960. The quantitative estimate of drug-likeness (QED) is 0.155. The van der Waals surface area contributed by atoms with Crippen LogP contribution in [-0.2, 0) is 32.1 Å². The number of benzene rings is 1. The topological polar surface area (TPSA) is 125 Å². The van der Waals surface area contributed by atoms with Crippen molar-refractivity contribution in [3.63, 3.8) is 0 Å². The summed E-state index contributed by atoms with van der Waals surface area (Å²) in [5.41, 5.74) is 13.2. The van der Waals surface area contributed by atoms with Crippen molar-refractivity contribution in [3.8, 4) is 0 Å². The highest BCUT2D eigenvalue weighted by Crippen LogP contribution is 2.37. The summed E-state index contributed by atoms with van der Waals surface area (Å²) in [6.07, 6.45) is 19.1. The zero-order valence-corrected chi connectivity index (χ0v) is 31.1. The zero-order valence-electron chi connectivity index (χ0n) is 31.1. The summed E-state index contributed by atoms with van der Waals surface area (Å²) in [4.78, 5) is 33.6. The molecular formula is C44H39N11. The van der Waals surface area contributed by atoms with Crippen LogP contribution in [0, 0.1) is 19.8 Å². The Morgan fingerprint density at radius 1 is 0.691 bits per heavy atom. The van der Waals surface area contributed by atoms with Gasteiger partial charge in [-0.25, -0.2) is 24.0 Å². The first-order valence-electron chi connectivity index (χ1n) is 19.0. The lowest BCUT2D eigenvalue weighted by atomic mass is 9.81. The first-order valence-corrected chi connectivity index (χ1v) is 19.0. The fraction of sp³-hybridized carbons (Fsp3) is 0.250. The van der Waals surface area contributed by atoms with E-state index in [4.69, 9.17) is 35.1 Å². The van der Waals surface area contributed by atoms with Gasteiger partial charge in [0, 0.05) is 71.5 Å². The van der Waals surface area contributed by atoms with E-state index in [1.165, 1.54) is 11.1 Å². The summed E-state index contributed by atoms with van der Waals surface area (Å²) in [6.45, 7) is 6.44. The first kappa shape index (κ1) is 33.1. The number of aromatic nitrogens is 11. The molecule has 2 atom stereocenters. The fourth-order valence-corrected chi connectivity index (χ4v) is 8.15. The van der Waals surface area contributed by atoms with Crippen LogP contribution < -0.4 is 0 Å². The SMILES string of the molecule is Cc1ncc(C)c2nc(CCc3nc4c5c(ccn4n3)CC(C(C)c3ccnc4c3ccn3nc(CCc6cnc7ccccc7n6)nc43)CC=C5)ccc12. The van der Waals surface area contributed by atoms with Crippen molar-refractivity contribution in [1.29, 1.82) is 0 Å². The van der Waals surface area contributed by atoms with E-state index in [2.05, 4.69) is 72.5 Å². The minimum Gasteiger partial charge on any atom is -0.261 e. The summed E-state index contributed by atoms with van der Waals surface area (Å²) in [5, 5.41) is 11.9. The van der Waals surface area contributed by atoms with E-state index in [9.17, 15) is 0 Å². The molecule has 8 aromatic heterocycles. The minimum absolute atomic E-state index is 0.278. The minimum atomic E-state index is 0.278. The largest absolute Gasteiger partial charge is 0.261 e. The van der Waals surface area contributed by atoms with E-state index in [1.807, 2.05) is 65.0 Å². The lowest BCUT2D eigenvalue weighted by Crippen LogP contribution is -2.13. The van der Waals surface area contributed by atoms with E-state index in [0.717, 1.165) is 110 Å². The van der Waals surface area contributed by atoms with Gasteiger partial charge in [-0.3, -0.25) is 19.9 Å². The molecule has 1 aromatic carbocycles. The predicted octanol–water partition coefficient (Wildman–Crippen LogP) is 7.77. The Hall–Kier alpha value is -6.49. The van der Waals surface area contributed by atoms with Gasteiger partial charge < -0.3 is 0 Å². The van der Waals surface area contributed by atoms with Gasteiger partial charge >= 0.3 is 0 Å². The van der Waals surface area contributed by atoms with Gasteiger partial charge in [0.05, 0.1) is 22.2 Å². The van der Waals surface area contributed by atoms with E-state index in [1.54, 1.807) is 0 Å². The maximum atomic E-state index is 5.05. The van der Waals surface area contributed by atoms with Crippen LogP contribution in [0.4, 0.5) is 0 Å². The molecular weight excluding hydrogens is 683 g/mol. The summed E-state index contributed by atoms with van der Waals surface area (Å²) in [5.74, 6) is 2.26. The van der Waals surface area contributed by atoms with Gasteiger partial charge in [-0.1, -0.05) is 31.2 Å². The van der Waals surface area contributed by atoms with Crippen LogP contribution in [0.15, 0.2) is 91.7 Å². The predicted molar refractivity (Wildman–Crippen MR) is 214 cm³/mol.